The first-order valence-electron chi connectivity index (χ1n) is 6.76. The molecule has 0 saturated carbocycles. The van der Waals surface area contributed by atoms with E-state index in [1.807, 2.05) is 0 Å². The molecule has 2 heterocycles. The van der Waals surface area contributed by atoms with Crippen LogP contribution in [0.15, 0.2) is 18.2 Å². The van der Waals surface area contributed by atoms with Crippen LogP contribution in [0.2, 0.25) is 0 Å². The van der Waals surface area contributed by atoms with Crippen molar-refractivity contribution in [2.75, 3.05) is 25.9 Å². The highest BCUT2D eigenvalue weighted by atomic mass is 16.5. The molecule has 1 aliphatic heterocycles. The van der Waals surface area contributed by atoms with E-state index in [1.54, 1.807) is 30.1 Å². The molecular formula is C14H21N3O2. The van der Waals surface area contributed by atoms with Crippen LogP contribution in [0.3, 0.4) is 0 Å². The van der Waals surface area contributed by atoms with Gasteiger partial charge in [-0.1, -0.05) is 6.07 Å². The van der Waals surface area contributed by atoms with Crippen molar-refractivity contribution in [1.82, 2.24) is 9.88 Å². The third-order valence-electron chi connectivity index (χ3n) is 3.38. The number of amides is 1. The summed E-state index contributed by atoms with van der Waals surface area (Å²) in [5, 5.41) is 0. The number of rotatable bonds is 5. The Morgan fingerprint density at radius 2 is 2.42 bits per heavy atom. The Hall–Kier alpha value is -1.62. The number of carbonyl (C=O) groups is 1. The molecule has 5 nitrogen and oxygen atoms in total. The molecule has 0 aliphatic carbocycles. The van der Waals surface area contributed by atoms with E-state index in [2.05, 4.69) is 4.98 Å². The van der Waals surface area contributed by atoms with E-state index in [4.69, 9.17) is 10.5 Å². The summed E-state index contributed by atoms with van der Waals surface area (Å²) in [6.45, 7) is 1.60. The molecule has 5 heteroatoms. The Morgan fingerprint density at radius 1 is 1.58 bits per heavy atom. The maximum absolute atomic E-state index is 12.1. The molecule has 0 spiro atoms. The first-order valence-corrected chi connectivity index (χ1v) is 6.76. The summed E-state index contributed by atoms with van der Waals surface area (Å²) in [4.78, 5) is 17.8. The summed E-state index contributed by atoms with van der Waals surface area (Å²) in [7, 11) is 1.79. The van der Waals surface area contributed by atoms with Crippen molar-refractivity contribution in [2.45, 2.75) is 31.8 Å². The van der Waals surface area contributed by atoms with Crippen LogP contribution in [0.25, 0.3) is 0 Å². The van der Waals surface area contributed by atoms with Crippen LogP contribution >= 0.6 is 0 Å². The smallest absolute Gasteiger partial charge is 0.272 e. The lowest BCUT2D eigenvalue weighted by Gasteiger charge is -2.17. The fourth-order valence-corrected chi connectivity index (χ4v) is 2.30. The number of nitrogens with two attached hydrogens (primary N) is 1. The largest absolute Gasteiger partial charge is 0.384 e. The van der Waals surface area contributed by atoms with E-state index in [0.29, 0.717) is 17.6 Å². The molecule has 0 unspecified atom stereocenters. The molecule has 1 amide bonds. The minimum Gasteiger partial charge on any atom is -0.384 e. The van der Waals surface area contributed by atoms with Gasteiger partial charge < -0.3 is 15.4 Å². The van der Waals surface area contributed by atoms with Gasteiger partial charge in [-0.15, -0.1) is 0 Å². The number of aromatic nitrogens is 1. The van der Waals surface area contributed by atoms with Gasteiger partial charge in [-0.25, -0.2) is 4.98 Å². The number of carbonyl (C=O) groups excluding carboxylic acids is 1. The lowest BCUT2D eigenvalue weighted by atomic mass is 10.1. The standard InChI is InChI=1S/C14H21N3O2/c1-17(9-3-5-11-6-4-10-19-11)14(18)12-7-2-8-13(15)16-12/h2,7-8,11H,3-6,9-10H2,1H3,(H2,15,16)/t11-/m1/s1. The van der Waals surface area contributed by atoms with Crippen molar-refractivity contribution in [3.8, 4) is 0 Å². The summed E-state index contributed by atoms with van der Waals surface area (Å²) in [6, 6.07) is 5.11. The number of pyridine rings is 1. The average molecular weight is 263 g/mol. The first kappa shape index (κ1) is 13.8. The van der Waals surface area contributed by atoms with Gasteiger partial charge in [0.2, 0.25) is 0 Å². The summed E-state index contributed by atoms with van der Waals surface area (Å²) in [6.07, 6.45) is 4.66. The second-order valence-electron chi connectivity index (χ2n) is 4.95. The minimum absolute atomic E-state index is 0.0837. The molecule has 2 rings (SSSR count). The zero-order chi connectivity index (χ0) is 13.7. The Morgan fingerprint density at radius 3 is 3.11 bits per heavy atom. The zero-order valence-electron chi connectivity index (χ0n) is 11.3. The Bertz CT molecular complexity index is 430. The van der Waals surface area contributed by atoms with Crippen LogP contribution in [0.4, 0.5) is 5.82 Å². The summed E-state index contributed by atoms with van der Waals surface area (Å²) < 4.78 is 5.56. The molecule has 19 heavy (non-hydrogen) atoms. The normalized spacial score (nSPS) is 18.5. The van der Waals surface area contributed by atoms with Gasteiger partial charge in [-0.3, -0.25) is 4.79 Å². The zero-order valence-corrected chi connectivity index (χ0v) is 11.3. The van der Waals surface area contributed by atoms with Crippen molar-refractivity contribution >= 4 is 11.7 Å². The van der Waals surface area contributed by atoms with E-state index in [1.165, 1.54) is 0 Å². The fourth-order valence-electron chi connectivity index (χ4n) is 2.30. The van der Waals surface area contributed by atoms with Gasteiger partial charge in [-0.05, 0) is 37.8 Å². The summed E-state index contributed by atoms with van der Waals surface area (Å²) in [5.41, 5.74) is 5.98. The maximum Gasteiger partial charge on any atom is 0.272 e. The number of ether oxygens (including phenoxy) is 1. The molecule has 1 aromatic rings. The van der Waals surface area contributed by atoms with Gasteiger partial charge in [0.25, 0.3) is 5.91 Å². The Labute approximate surface area is 113 Å². The van der Waals surface area contributed by atoms with E-state index in [9.17, 15) is 4.79 Å². The third kappa shape index (κ3) is 3.92. The molecule has 2 N–H and O–H groups in total. The van der Waals surface area contributed by atoms with Crippen LogP contribution in [0.5, 0.6) is 0 Å². The molecular weight excluding hydrogens is 242 g/mol. The molecule has 104 valence electrons. The fraction of sp³-hybridized carbons (Fsp3) is 0.571. The highest BCUT2D eigenvalue weighted by Gasteiger charge is 2.17. The van der Waals surface area contributed by atoms with E-state index >= 15 is 0 Å². The van der Waals surface area contributed by atoms with E-state index in [0.717, 1.165) is 38.8 Å². The van der Waals surface area contributed by atoms with Gasteiger partial charge in [0.05, 0.1) is 6.10 Å². The number of nitrogens with zero attached hydrogens (tertiary/aromatic N) is 2. The van der Waals surface area contributed by atoms with Crippen molar-refractivity contribution < 1.29 is 9.53 Å². The molecule has 0 bridgehead atoms. The van der Waals surface area contributed by atoms with Gasteiger partial charge in [0.1, 0.15) is 11.5 Å². The van der Waals surface area contributed by atoms with Crippen molar-refractivity contribution in [2.24, 2.45) is 0 Å². The van der Waals surface area contributed by atoms with Crippen LogP contribution in [-0.2, 0) is 4.74 Å². The van der Waals surface area contributed by atoms with Crippen molar-refractivity contribution in [1.29, 1.82) is 0 Å². The van der Waals surface area contributed by atoms with Gasteiger partial charge >= 0.3 is 0 Å². The summed E-state index contributed by atoms with van der Waals surface area (Å²) >= 11 is 0. The van der Waals surface area contributed by atoms with Gasteiger partial charge in [0, 0.05) is 20.2 Å². The second kappa shape index (κ2) is 6.52. The van der Waals surface area contributed by atoms with Gasteiger partial charge in [0.15, 0.2) is 0 Å². The number of hydrogen-bond donors (Lipinski definition) is 1. The lowest BCUT2D eigenvalue weighted by Crippen LogP contribution is -2.29. The van der Waals surface area contributed by atoms with Gasteiger partial charge in [-0.2, -0.15) is 0 Å². The SMILES string of the molecule is CN(CCC[C@@H]1CCCO1)C(=O)c1cccc(N)n1. The van der Waals surface area contributed by atoms with Crippen LogP contribution in [0.1, 0.15) is 36.2 Å². The van der Waals surface area contributed by atoms with Crippen LogP contribution in [0, 0.1) is 0 Å². The molecule has 1 atom stereocenters. The van der Waals surface area contributed by atoms with Crippen molar-refractivity contribution in [3.63, 3.8) is 0 Å². The predicted molar refractivity (Wildman–Crippen MR) is 73.8 cm³/mol. The van der Waals surface area contributed by atoms with Crippen LogP contribution in [-0.4, -0.2) is 42.1 Å². The highest BCUT2D eigenvalue weighted by Crippen LogP contribution is 2.17. The molecule has 1 aromatic heterocycles. The monoisotopic (exact) mass is 263 g/mol. The Balaban J connectivity index is 1.78. The number of hydrogen-bond acceptors (Lipinski definition) is 4. The molecule has 0 radical (unpaired) electrons. The number of nitrogen functional groups attached to an aromatic ring is 1. The third-order valence-corrected chi connectivity index (χ3v) is 3.38. The quantitative estimate of drug-likeness (QED) is 0.877. The predicted octanol–water partition coefficient (Wildman–Crippen LogP) is 1.69. The highest BCUT2D eigenvalue weighted by molar-refractivity contribution is 5.92. The summed E-state index contributed by atoms with van der Waals surface area (Å²) in [5.74, 6) is 0.290. The Kier molecular flexibility index (Phi) is 4.74. The second-order valence-corrected chi connectivity index (χ2v) is 4.95. The van der Waals surface area contributed by atoms with Crippen molar-refractivity contribution in [3.05, 3.63) is 23.9 Å². The van der Waals surface area contributed by atoms with E-state index in [-0.39, 0.29) is 5.91 Å². The topological polar surface area (TPSA) is 68.5 Å². The first-order chi connectivity index (χ1) is 9.16. The molecule has 0 aromatic carbocycles. The average Bonchev–Trinajstić information content (AvgIpc) is 2.91. The molecule has 1 fully saturated rings. The minimum atomic E-state index is -0.0837. The molecule has 1 aliphatic rings. The number of anilines is 1. The molecule has 1 saturated heterocycles. The lowest BCUT2D eigenvalue weighted by molar-refractivity contribution is 0.0758. The van der Waals surface area contributed by atoms with E-state index < -0.39 is 0 Å². The maximum atomic E-state index is 12.1. The van der Waals surface area contributed by atoms with Crippen LogP contribution < -0.4 is 5.73 Å².